The van der Waals surface area contributed by atoms with Crippen molar-refractivity contribution in [3.8, 4) is 5.75 Å². The number of hydrogen-bond acceptors (Lipinski definition) is 4. The number of fused-ring (bicyclic) bond motifs is 1. The number of nitrogens with zero attached hydrogens (tertiary/aromatic N) is 1. The first kappa shape index (κ1) is 28.3. The highest BCUT2D eigenvalue weighted by Crippen LogP contribution is 2.54. The number of likely N-dealkylation sites (N-methyl/N-ethyl adjacent to an activating group) is 1. The van der Waals surface area contributed by atoms with Crippen molar-refractivity contribution in [3.63, 3.8) is 0 Å². The molecule has 0 radical (unpaired) electrons. The molecule has 1 aliphatic heterocycles. The second-order valence-electron chi connectivity index (χ2n) is 12.0. The minimum absolute atomic E-state index is 0.0983. The van der Waals surface area contributed by atoms with Gasteiger partial charge >= 0.3 is 5.97 Å². The zero-order chi connectivity index (χ0) is 27.2. The number of ether oxygens (including phenoxy) is 2. The smallest absolute Gasteiger partial charge is 0.308 e. The molecule has 2 fully saturated rings. The summed E-state index contributed by atoms with van der Waals surface area (Å²) in [5, 5.41) is 3.38. The second-order valence-corrected chi connectivity index (χ2v) is 12.0. The predicted octanol–water partition coefficient (Wildman–Crippen LogP) is 5.19. The average Bonchev–Trinajstić information content (AvgIpc) is 2.88. The van der Waals surface area contributed by atoms with Gasteiger partial charge in [0.2, 0.25) is 5.91 Å². The van der Waals surface area contributed by atoms with Crippen molar-refractivity contribution in [2.75, 3.05) is 34.3 Å². The standard InChI is InChI=1S/C32H44N2O4/c1-25(35)38-29-16-11-15-27(22-29)31-20-21-34(2,3)24-32(31,37-4)19-18-28(23-31)33-30(36)17-10-6-9-14-26-12-7-5-8-13-26/h5,7-8,11-13,15-16,22,28H,6,9-10,14,17-21,23-24H2,1-4H3/p+1/t28-,31-,32-/m0/s1. The Kier molecular flexibility index (Phi) is 8.94. The number of methoxy groups -OCH3 is 1. The van der Waals surface area contributed by atoms with Gasteiger partial charge < -0.3 is 19.3 Å². The number of esters is 1. The van der Waals surface area contributed by atoms with E-state index < -0.39 is 0 Å². The summed E-state index contributed by atoms with van der Waals surface area (Å²) in [6.45, 7) is 3.35. The van der Waals surface area contributed by atoms with Gasteiger partial charge in [0.05, 0.1) is 20.6 Å². The molecule has 1 saturated heterocycles. The number of carbonyl (C=O) groups excluding carboxylic acids is 2. The molecule has 1 saturated carbocycles. The first-order valence-corrected chi connectivity index (χ1v) is 14.2. The van der Waals surface area contributed by atoms with E-state index in [1.807, 2.05) is 31.4 Å². The Morgan fingerprint density at radius 3 is 2.55 bits per heavy atom. The lowest BCUT2D eigenvalue weighted by Gasteiger charge is -2.60. The van der Waals surface area contributed by atoms with E-state index in [0.717, 1.165) is 74.5 Å². The maximum atomic E-state index is 13.0. The zero-order valence-corrected chi connectivity index (χ0v) is 23.6. The number of likely N-dealkylation sites (tertiary alicyclic amines) is 1. The lowest BCUT2D eigenvalue weighted by molar-refractivity contribution is -0.905. The van der Waals surface area contributed by atoms with Crippen LogP contribution in [0.1, 0.15) is 69.4 Å². The summed E-state index contributed by atoms with van der Waals surface area (Å²) in [5.74, 6) is 0.391. The molecule has 1 N–H and O–H groups in total. The van der Waals surface area contributed by atoms with Gasteiger partial charge in [-0.15, -0.1) is 0 Å². The van der Waals surface area contributed by atoms with Gasteiger partial charge in [-0.1, -0.05) is 48.9 Å². The van der Waals surface area contributed by atoms with Crippen molar-refractivity contribution in [3.05, 3.63) is 65.7 Å². The lowest BCUT2D eigenvalue weighted by Crippen LogP contribution is -2.71. The van der Waals surface area contributed by atoms with E-state index in [-0.39, 0.29) is 28.9 Å². The molecule has 0 bridgehead atoms. The summed E-state index contributed by atoms with van der Waals surface area (Å²) in [4.78, 5) is 24.6. The van der Waals surface area contributed by atoms with Gasteiger partial charge in [-0.05, 0) is 61.8 Å². The molecule has 1 aliphatic carbocycles. The first-order chi connectivity index (χ1) is 18.2. The van der Waals surface area contributed by atoms with Crippen LogP contribution in [0, 0.1) is 0 Å². The Hall–Kier alpha value is -2.70. The van der Waals surface area contributed by atoms with Crippen molar-refractivity contribution in [2.45, 2.75) is 81.8 Å². The molecule has 6 nitrogen and oxygen atoms in total. The number of piperidine rings is 1. The SMILES string of the molecule is CO[C@]12CC[C@H](NC(=O)CCCCCc3ccccc3)C[C@]1(c1cccc(OC(C)=O)c1)CC[N+](C)(C)C2. The largest absolute Gasteiger partial charge is 0.427 e. The Balaban J connectivity index is 1.44. The molecule has 0 spiro atoms. The van der Waals surface area contributed by atoms with E-state index >= 15 is 0 Å². The third-order valence-electron chi connectivity index (χ3n) is 8.81. The third-order valence-corrected chi connectivity index (χ3v) is 8.81. The summed E-state index contributed by atoms with van der Waals surface area (Å²) in [6, 6.07) is 18.6. The number of rotatable bonds is 10. The quantitative estimate of drug-likeness (QED) is 0.202. The van der Waals surface area contributed by atoms with Gasteiger partial charge in [0.25, 0.3) is 0 Å². The molecular weight excluding hydrogens is 476 g/mol. The number of unbranched alkanes of at least 4 members (excludes halogenated alkanes) is 2. The van der Waals surface area contributed by atoms with Crippen molar-refractivity contribution < 1.29 is 23.5 Å². The summed E-state index contributed by atoms with van der Waals surface area (Å²) in [5.41, 5.74) is 1.88. The van der Waals surface area contributed by atoms with Crippen LogP contribution in [0.5, 0.6) is 5.75 Å². The Bertz CT molecular complexity index is 1100. The van der Waals surface area contributed by atoms with Crippen LogP contribution in [0.4, 0.5) is 0 Å². The van der Waals surface area contributed by atoms with E-state index in [4.69, 9.17) is 9.47 Å². The van der Waals surface area contributed by atoms with Crippen LogP contribution in [0.3, 0.4) is 0 Å². The van der Waals surface area contributed by atoms with E-state index in [1.165, 1.54) is 12.5 Å². The summed E-state index contributed by atoms with van der Waals surface area (Å²) < 4.78 is 12.8. The van der Waals surface area contributed by atoms with Crippen LogP contribution < -0.4 is 10.1 Å². The van der Waals surface area contributed by atoms with Crippen molar-refractivity contribution in [2.24, 2.45) is 0 Å². The molecule has 6 heteroatoms. The van der Waals surface area contributed by atoms with E-state index in [2.05, 4.69) is 49.7 Å². The Labute approximate surface area is 228 Å². The fourth-order valence-electron chi connectivity index (χ4n) is 6.95. The molecule has 0 aromatic heterocycles. The molecule has 1 amide bonds. The molecule has 206 valence electrons. The molecule has 3 atom stereocenters. The summed E-state index contributed by atoms with van der Waals surface area (Å²) >= 11 is 0. The maximum Gasteiger partial charge on any atom is 0.308 e. The molecule has 2 aromatic rings. The van der Waals surface area contributed by atoms with Gasteiger partial charge in [-0.2, -0.15) is 0 Å². The van der Waals surface area contributed by atoms with Gasteiger partial charge in [0.1, 0.15) is 17.9 Å². The minimum Gasteiger partial charge on any atom is -0.427 e. The topological polar surface area (TPSA) is 64.6 Å². The lowest BCUT2D eigenvalue weighted by atomic mass is 9.54. The molecular formula is C32H45N2O4+. The van der Waals surface area contributed by atoms with E-state index in [9.17, 15) is 9.59 Å². The van der Waals surface area contributed by atoms with Crippen LogP contribution >= 0.6 is 0 Å². The van der Waals surface area contributed by atoms with E-state index in [1.54, 1.807) is 0 Å². The number of hydrogen-bond donors (Lipinski definition) is 1. The number of nitrogens with one attached hydrogen (secondary N) is 1. The first-order valence-electron chi connectivity index (χ1n) is 14.2. The number of benzene rings is 2. The minimum atomic E-state index is -0.345. The maximum absolute atomic E-state index is 13.0. The highest BCUT2D eigenvalue weighted by Gasteiger charge is 2.62. The summed E-state index contributed by atoms with van der Waals surface area (Å²) in [7, 11) is 6.38. The van der Waals surface area contributed by atoms with Crippen LogP contribution in [0.15, 0.2) is 54.6 Å². The fraction of sp³-hybridized carbons (Fsp3) is 0.562. The fourth-order valence-corrected chi connectivity index (χ4v) is 6.95. The molecule has 2 aliphatic rings. The second kappa shape index (κ2) is 12.0. The van der Waals surface area contributed by atoms with Crippen LogP contribution in [-0.2, 0) is 26.2 Å². The van der Waals surface area contributed by atoms with Crippen molar-refractivity contribution >= 4 is 11.9 Å². The normalized spacial score (nSPS) is 26.3. The Morgan fingerprint density at radius 2 is 1.82 bits per heavy atom. The van der Waals surface area contributed by atoms with Crippen LogP contribution in [-0.4, -0.2) is 62.3 Å². The molecule has 4 rings (SSSR count). The van der Waals surface area contributed by atoms with Crippen LogP contribution in [0.25, 0.3) is 0 Å². The number of carbonyl (C=O) groups is 2. The van der Waals surface area contributed by atoms with E-state index in [0.29, 0.717) is 12.2 Å². The third kappa shape index (κ3) is 6.47. The van der Waals surface area contributed by atoms with Gasteiger partial charge in [0, 0.05) is 38.3 Å². The molecule has 1 heterocycles. The summed E-state index contributed by atoms with van der Waals surface area (Å²) in [6.07, 6.45) is 8.26. The van der Waals surface area contributed by atoms with Gasteiger partial charge in [0.15, 0.2) is 0 Å². The number of amides is 1. The number of quaternary nitrogens is 1. The van der Waals surface area contributed by atoms with Gasteiger partial charge in [-0.3, -0.25) is 9.59 Å². The number of aryl methyl sites for hydroxylation is 1. The highest BCUT2D eigenvalue weighted by molar-refractivity contribution is 5.76. The predicted molar refractivity (Wildman–Crippen MR) is 150 cm³/mol. The van der Waals surface area contributed by atoms with Crippen molar-refractivity contribution in [1.29, 1.82) is 0 Å². The highest BCUT2D eigenvalue weighted by atomic mass is 16.5. The Morgan fingerprint density at radius 1 is 1.03 bits per heavy atom. The van der Waals surface area contributed by atoms with Gasteiger partial charge in [-0.25, -0.2) is 0 Å². The van der Waals surface area contributed by atoms with Crippen molar-refractivity contribution in [1.82, 2.24) is 5.32 Å². The monoisotopic (exact) mass is 521 g/mol. The zero-order valence-electron chi connectivity index (χ0n) is 23.6. The molecule has 2 aromatic carbocycles. The molecule has 0 unspecified atom stereocenters. The molecule has 38 heavy (non-hydrogen) atoms. The van der Waals surface area contributed by atoms with Crippen LogP contribution in [0.2, 0.25) is 0 Å². The average molecular weight is 522 g/mol.